The van der Waals surface area contributed by atoms with Crippen molar-refractivity contribution < 1.29 is 32.9 Å². The number of quaternary nitrogens is 1. The second-order valence-corrected chi connectivity index (χ2v) is 18.9. The molecule has 0 aliphatic carbocycles. The molecule has 9 heteroatoms. The molecule has 0 saturated carbocycles. The quantitative estimate of drug-likeness (QED) is 0.0244. The van der Waals surface area contributed by atoms with E-state index in [9.17, 15) is 19.4 Å². The van der Waals surface area contributed by atoms with E-state index in [1.807, 2.05) is 27.2 Å². The van der Waals surface area contributed by atoms with Crippen molar-refractivity contribution in [1.82, 2.24) is 5.32 Å². The number of hydrogen-bond acceptors (Lipinski definition) is 5. The van der Waals surface area contributed by atoms with Crippen LogP contribution < -0.4 is 5.32 Å². The topological polar surface area (TPSA) is 105 Å². The molecule has 0 bridgehead atoms. The summed E-state index contributed by atoms with van der Waals surface area (Å²) in [5, 5.41) is 13.8. The summed E-state index contributed by atoms with van der Waals surface area (Å²) < 4.78 is 23.5. The van der Waals surface area contributed by atoms with Crippen LogP contribution in [0.5, 0.6) is 0 Å². The fraction of sp³-hybridized carbons (Fsp3) is 0.712. The van der Waals surface area contributed by atoms with Crippen LogP contribution in [0.2, 0.25) is 0 Å². The number of amides is 1. The number of allylic oxidation sites excluding steroid dienone is 13. The molecule has 0 heterocycles. The van der Waals surface area contributed by atoms with Crippen LogP contribution in [0.15, 0.2) is 85.1 Å². The summed E-state index contributed by atoms with van der Waals surface area (Å²) in [5.41, 5.74) is 0. The molecule has 0 rings (SSSR count). The van der Waals surface area contributed by atoms with Gasteiger partial charge in [0.2, 0.25) is 5.91 Å². The molecule has 0 aromatic carbocycles. The first-order valence-electron chi connectivity index (χ1n) is 24.5. The van der Waals surface area contributed by atoms with Crippen LogP contribution >= 0.6 is 7.82 Å². The number of carbonyl (C=O) groups is 1. The Kier molecular flexibility index (Phi) is 41.3. The maximum Gasteiger partial charge on any atom is 0.472 e. The third-order valence-corrected chi connectivity index (χ3v) is 11.3. The minimum absolute atomic E-state index is 0.0411. The number of carbonyl (C=O) groups excluding carboxylic acids is 1. The van der Waals surface area contributed by atoms with Gasteiger partial charge in [-0.2, -0.15) is 0 Å². The van der Waals surface area contributed by atoms with Gasteiger partial charge in [0.1, 0.15) is 13.2 Å². The van der Waals surface area contributed by atoms with Crippen molar-refractivity contribution in [3.8, 4) is 0 Å². The molecule has 352 valence electrons. The first-order chi connectivity index (χ1) is 29.5. The molecular weight excluding hydrogens is 780 g/mol. The van der Waals surface area contributed by atoms with Gasteiger partial charge < -0.3 is 19.8 Å². The van der Waals surface area contributed by atoms with Crippen LogP contribution in [0.1, 0.15) is 187 Å². The average Bonchev–Trinajstić information content (AvgIpc) is 3.21. The van der Waals surface area contributed by atoms with E-state index in [0.717, 1.165) is 64.2 Å². The van der Waals surface area contributed by atoms with Gasteiger partial charge >= 0.3 is 7.82 Å². The van der Waals surface area contributed by atoms with E-state index in [0.29, 0.717) is 17.4 Å². The molecule has 3 unspecified atom stereocenters. The highest BCUT2D eigenvalue weighted by Gasteiger charge is 2.27. The minimum atomic E-state index is -4.37. The van der Waals surface area contributed by atoms with Crippen LogP contribution in [0.25, 0.3) is 0 Å². The molecular formula is C52H94N2O6P+. The first-order valence-corrected chi connectivity index (χ1v) is 26.0. The molecule has 3 N–H and O–H groups in total. The lowest BCUT2D eigenvalue weighted by Crippen LogP contribution is -2.45. The van der Waals surface area contributed by atoms with E-state index in [-0.39, 0.29) is 25.5 Å². The van der Waals surface area contributed by atoms with Crippen molar-refractivity contribution >= 4 is 13.7 Å². The monoisotopic (exact) mass is 874 g/mol. The zero-order chi connectivity index (χ0) is 45.0. The van der Waals surface area contributed by atoms with Crippen LogP contribution in [-0.4, -0.2) is 73.4 Å². The summed E-state index contributed by atoms with van der Waals surface area (Å²) in [7, 11) is 1.50. The van der Waals surface area contributed by atoms with E-state index in [4.69, 9.17) is 9.05 Å². The fourth-order valence-corrected chi connectivity index (χ4v) is 7.21. The van der Waals surface area contributed by atoms with Gasteiger partial charge in [-0.15, -0.1) is 0 Å². The van der Waals surface area contributed by atoms with Crippen molar-refractivity contribution in [3.63, 3.8) is 0 Å². The summed E-state index contributed by atoms with van der Waals surface area (Å²) in [6, 6.07) is -0.896. The van der Waals surface area contributed by atoms with Crippen molar-refractivity contribution in [2.45, 2.75) is 199 Å². The predicted molar refractivity (Wildman–Crippen MR) is 263 cm³/mol. The zero-order valence-corrected chi connectivity index (χ0v) is 40.8. The highest BCUT2D eigenvalue weighted by molar-refractivity contribution is 7.47. The average molecular weight is 874 g/mol. The van der Waals surface area contributed by atoms with Crippen LogP contribution in [0, 0.1) is 0 Å². The minimum Gasteiger partial charge on any atom is -0.387 e. The molecule has 0 radical (unpaired) electrons. The Balaban J connectivity index is 4.46. The lowest BCUT2D eigenvalue weighted by Gasteiger charge is -2.25. The van der Waals surface area contributed by atoms with Crippen LogP contribution in [0.3, 0.4) is 0 Å². The SMILES string of the molecule is CC/C=C\C/C=C\C/C=C\C/C=C\CCCCC(=O)NC(COP(=O)(O)OCC[N+](C)(C)C)C(O)/C=C/CC/C=C/CC/C=C/CCCCCCCCCCCCCCCC. The third-order valence-electron chi connectivity index (χ3n) is 10.3. The fourth-order valence-electron chi connectivity index (χ4n) is 6.47. The highest BCUT2D eigenvalue weighted by atomic mass is 31.2. The van der Waals surface area contributed by atoms with Gasteiger partial charge in [-0.3, -0.25) is 13.8 Å². The molecule has 3 atom stereocenters. The number of rotatable bonds is 43. The molecule has 61 heavy (non-hydrogen) atoms. The molecule has 0 fully saturated rings. The molecule has 1 amide bonds. The number of nitrogens with zero attached hydrogens (tertiary/aromatic N) is 1. The summed E-state index contributed by atoms with van der Waals surface area (Å²) in [4.78, 5) is 23.1. The molecule has 0 aliphatic heterocycles. The van der Waals surface area contributed by atoms with Gasteiger partial charge in [-0.25, -0.2) is 4.57 Å². The largest absolute Gasteiger partial charge is 0.472 e. The van der Waals surface area contributed by atoms with Crippen molar-refractivity contribution in [2.75, 3.05) is 40.9 Å². The number of phosphoric acid groups is 1. The standard InChI is InChI=1S/C52H93N2O6P/c1-6-8-10-12-14-16-18-20-22-23-24-25-26-27-28-29-30-32-33-35-37-39-41-43-45-51(55)50(49-60-61(57,58)59-48-47-54(3,4)5)53-52(56)46-44-42-40-38-36-34-31-21-19-17-15-13-11-9-7-2/h9,11,15,17,21,29-31,35-38,43,45,50-51,55H,6-8,10,12-14,16,18-20,22-28,32-34,39-42,44,46-49H2,1-5H3,(H-,53,56,57,58)/p+1/b11-9-,17-15-,30-29+,31-21-,37-35+,38-36-,45-43+. The Labute approximate surface area is 376 Å². The Morgan fingerprint density at radius 1 is 0.574 bits per heavy atom. The summed E-state index contributed by atoms with van der Waals surface area (Å²) in [6.45, 7) is 4.62. The van der Waals surface area contributed by atoms with Crippen LogP contribution in [-0.2, 0) is 18.4 Å². The molecule has 0 aromatic heterocycles. The maximum absolute atomic E-state index is 12.9. The highest BCUT2D eigenvalue weighted by Crippen LogP contribution is 2.43. The number of aliphatic hydroxyl groups excluding tert-OH is 1. The number of aliphatic hydroxyl groups is 1. The second-order valence-electron chi connectivity index (χ2n) is 17.4. The normalized spacial score (nSPS) is 14.9. The molecule has 0 spiro atoms. The van der Waals surface area contributed by atoms with Gasteiger partial charge in [0.15, 0.2) is 0 Å². The van der Waals surface area contributed by atoms with Gasteiger partial charge in [0.25, 0.3) is 0 Å². The summed E-state index contributed by atoms with van der Waals surface area (Å²) >= 11 is 0. The Hall–Kier alpha value is -2.32. The van der Waals surface area contributed by atoms with Crippen molar-refractivity contribution in [1.29, 1.82) is 0 Å². The van der Waals surface area contributed by atoms with Gasteiger partial charge in [-0.05, 0) is 83.5 Å². The van der Waals surface area contributed by atoms with E-state index in [2.05, 4.69) is 92.1 Å². The van der Waals surface area contributed by atoms with E-state index in [1.54, 1.807) is 6.08 Å². The smallest absolute Gasteiger partial charge is 0.387 e. The van der Waals surface area contributed by atoms with Gasteiger partial charge in [0.05, 0.1) is 39.9 Å². The van der Waals surface area contributed by atoms with Gasteiger partial charge in [-0.1, -0.05) is 182 Å². The number of phosphoric ester groups is 1. The number of nitrogens with one attached hydrogen (secondary N) is 1. The molecule has 8 nitrogen and oxygen atoms in total. The number of hydrogen-bond donors (Lipinski definition) is 3. The maximum atomic E-state index is 12.9. The molecule has 0 aromatic rings. The Morgan fingerprint density at radius 2 is 1.00 bits per heavy atom. The van der Waals surface area contributed by atoms with Crippen molar-refractivity contribution in [3.05, 3.63) is 85.1 Å². The summed E-state index contributed by atoms with van der Waals surface area (Å²) in [5.74, 6) is -0.235. The first kappa shape index (κ1) is 58.7. The number of unbranched alkanes of at least 4 members (excludes halogenated alkanes) is 18. The van der Waals surface area contributed by atoms with Crippen molar-refractivity contribution in [2.24, 2.45) is 0 Å². The zero-order valence-electron chi connectivity index (χ0n) is 39.9. The van der Waals surface area contributed by atoms with E-state index in [1.165, 1.54) is 96.3 Å². The van der Waals surface area contributed by atoms with E-state index >= 15 is 0 Å². The lowest BCUT2D eigenvalue weighted by atomic mass is 10.0. The second kappa shape index (κ2) is 43.0. The lowest BCUT2D eigenvalue weighted by molar-refractivity contribution is -0.870. The third kappa shape index (κ3) is 45.5. The van der Waals surface area contributed by atoms with Crippen LogP contribution in [0.4, 0.5) is 0 Å². The number of likely N-dealkylation sites (N-methyl/N-ethyl adjacent to an activating group) is 1. The predicted octanol–water partition coefficient (Wildman–Crippen LogP) is 14.1. The van der Waals surface area contributed by atoms with Gasteiger partial charge in [0, 0.05) is 6.42 Å². The Morgan fingerprint density at radius 3 is 1.51 bits per heavy atom. The summed E-state index contributed by atoms with van der Waals surface area (Å²) in [6.07, 6.45) is 59.7. The van der Waals surface area contributed by atoms with E-state index < -0.39 is 20.0 Å². The molecule has 0 saturated heterocycles. The molecule has 0 aliphatic rings. The Bertz CT molecular complexity index is 1260.